The summed E-state index contributed by atoms with van der Waals surface area (Å²) in [5.74, 6) is -0.267. The number of nitrogens with zero attached hydrogens (tertiary/aromatic N) is 2. The molecule has 106 valence electrons. The van der Waals surface area contributed by atoms with E-state index in [1.54, 1.807) is 18.3 Å². The standard InChI is InChI=1S/C16H15FN4/c1-10-15(13-3-2-8-19-14(13)9-18)16(21-20-10)11-4-6-12(17)7-5-11/h2-8H,9,18H2,1H3,(H,20,21). The van der Waals surface area contributed by atoms with Crippen molar-refractivity contribution >= 4 is 0 Å². The molecule has 5 heteroatoms. The molecule has 0 amide bonds. The van der Waals surface area contributed by atoms with Gasteiger partial charge in [-0.15, -0.1) is 0 Å². The highest BCUT2D eigenvalue weighted by Gasteiger charge is 2.17. The molecule has 3 N–H and O–H groups in total. The highest BCUT2D eigenvalue weighted by atomic mass is 19.1. The minimum atomic E-state index is -0.267. The number of benzene rings is 1. The number of pyridine rings is 1. The Labute approximate surface area is 121 Å². The number of H-pyrrole nitrogens is 1. The van der Waals surface area contributed by atoms with Gasteiger partial charge in [0.2, 0.25) is 0 Å². The Balaban J connectivity index is 2.20. The summed E-state index contributed by atoms with van der Waals surface area (Å²) in [6, 6.07) is 10.1. The molecular weight excluding hydrogens is 267 g/mol. The minimum absolute atomic E-state index is 0.267. The van der Waals surface area contributed by atoms with Crippen molar-refractivity contribution in [3.05, 3.63) is 59.8 Å². The number of rotatable bonds is 3. The zero-order chi connectivity index (χ0) is 14.8. The molecule has 0 unspecified atom stereocenters. The van der Waals surface area contributed by atoms with Crippen molar-refractivity contribution in [1.82, 2.24) is 15.2 Å². The van der Waals surface area contributed by atoms with Crippen LogP contribution < -0.4 is 5.73 Å². The van der Waals surface area contributed by atoms with E-state index in [1.807, 2.05) is 19.1 Å². The predicted octanol–water partition coefficient (Wildman–Crippen LogP) is 3.04. The summed E-state index contributed by atoms with van der Waals surface area (Å²) in [6.45, 7) is 2.30. The molecule has 3 aromatic rings. The van der Waals surface area contributed by atoms with E-state index in [9.17, 15) is 4.39 Å². The molecule has 0 fully saturated rings. The summed E-state index contributed by atoms with van der Waals surface area (Å²) in [4.78, 5) is 4.32. The fraction of sp³-hybridized carbons (Fsp3) is 0.125. The maximum Gasteiger partial charge on any atom is 0.123 e. The number of nitrogens with one attached hydrogen (secondary N) is 1. The highest BCUT2D eigenvalue weighted by molar-refractivity contribution is 5.83. The summed E-state index contributed by atoms with van der Waals surface area (Å²) >= 11 is 0. The Kier molecular flexibility index (Phi) is 3.50. The number of aryl methyl sites for hydroxylation is 1. The van der Waals surface area contributed by atoms with Crippen molar-refractivity contribution in [3.8, 4) is 22.4 Å². The fourth-order valence-electron chi connectivity index (χ4n) is 2.40. The van der Waals surface area contributed by atoms with Crippen LogP contribution in [-0.2, 0) is 6.54 Å². The second-order valence-electron chi connectivity index (χ2n) is 4.78. The normalized spacial score (nSPS) is 10.8. The average Bonchev–Trinajstić information content (AvgIpc) is 2.89. The van der Waals surface area contributed by atoms with Gasteiger partial charge < -0.3 is 5.73 Å². The van der Waals surface area contributed by atoms with Crippen LogP contribution in [0.15, 0.2) is 42.6 Å². The predicted molar refractivity (Wildman–Crippen MR) is 79.8 cm³/mol. The lowest BCUT2D eigenvalue weighted by molar-refractivity contribution is 0.628. The highest BCUT2D eigenvalue weighted by Crippen LogP contribution is 2.34. The second-order valence-corrected chi connectivity index (χ2v) is 4.78. The molecule has 1 aromatic carbocycles. The van der Waals surface area contributed by atoms with Gasteiger partial charge in [-0.25, -0.2) is 4.39 Å². The number of hydrogen-bond donors (Lipinski definition) is 2. The first-order valence-electron chi connectivity index (χ1n) is 6.66. The van der Waals surface area contributed by atoms with E-state index in [0.717, 1.165) is 33.8 Å². The van der Waals surface area contributed by atoms with Crippen LogP contribution in [0.5, 0.6) is 0 Å². The zero-order valence-electron chi connectivity index (χ0n) is 11.6. The third-order valence-corrected chi connectivity index (χ3v) is 3.42. The van der Waals surface area contributed by atoms with Gasteiger partial charge >= 0.3 is 0 Å². The lowest BCUT2D eigenvalue weighted by Crippen LogP contribution is -2.02. The first-order valence-corrected chi connectivity index (χ1v) is 6.66. The lowest BCUT2D eigenvalue weighted by atomic mass is 9.98. The molecule has 0 aliphatic rings. The third-order valence-electron chi connectivity index (χ3n) is 3.42. The van der Waals surface area contributed by atoms with Gasteiger partial charge in [-0.2, -0.15) is 5.10 Å². The summed E-state index contributed by atoms with van der Waals surface area (Å²) in [7, 11) is 0. The molecule has 3 rings (SSSR count). The van der Waals surface area contributed by atoms with Crippen LogP contribution in [0.2, 0.25) is 0 Å². The summed E-state index contributed by atoms with van der Waals surface area (Å²) < 4.78 is 13.1. The topological polar surface area (TPSA) is 67.6 Å². The first-order chi connectivity index (χ1) is 10.2. The number of hydrogen-bond acceptors (Lipinski definition) is 3. The van der Waals surface area contributed by atoms with Crippen molar-refractivity contribution in [3.63, 3.8) is 0 Å². The van der Waals surface area contributed by atoms with Gasteiger partial charge in [-0.3, -0.25) is 10.1 Å². The molecule has 0 aliphatic carbocycles. The van der Waals surface area contributed by atoms with Crippen molar-refractivity contribution in [2.24, 2.45) is 5.73 Å². The molecule has 0 atom stereocenters. The average molecular weight is 282 g/mol. The smallest absolute Gasteiger partial charge is 0.123 e. The maximum atomic E-state index is 13.1. The van der Waals surface area contributed by atoms with Gasteiger partial charge in [0.1, 0.15) is 11.5 Å². The van der Waals surface area contributed by atoms with Crippen molar-refractivity contribution in [1.29, 1.82) is 0 Å². The molecule has 0 aliphatic heterocycles. The Morgan fingerprint density at radius 3 is 2.67 bits per heavy atom. The van der Waals surface area contributed by atoms with Crippen LogP contribution in [0.1, 0.15) is 11.4 Å². The molecule has 0 bridgehead atoms. The van der Waals surface area contributed by atoms with Gasteiger partial charge in [0, 0.05) is 35.1 Å². The van der Waals surface area contributed by atoms with Crippen LogP contribution in [0.25, 0.3) is 22.4 Å². The van der Waals surface area contributed by atoms with Crippen LogP contribution in [0.3, 0.4) is 0 Å². The van der Waals surface area contributed by atoms with Crippen molar-refractivity contribution < 1.29 is 4.39 Å². The number of aromatic amines is 1. The van der Waals surface area contributed by atoms with E-state index in [1.165, 1.54) is 12.1 Å². The number of halogens is 1. The molecule has 0 saturated carbocycles. The van der Waals surface area contributed by atoms with Gasteiger partial charge in [0.25, 0.3) is 0 Å². The van der Waals surface area contributed by atoms with E-state index in [0.29, 0.717) is 6.54 Å². The lowest BCUT2D eigenvalue weighted by Gasteiger charge is -2.08. The summed E-state index contributed by atoms with van der Waals surface area (Å²) in [6.07, 6.45) is 1.72. The third kappa shape index (κ3) is 2.43. The van der Waals surface area contributed by atoms with Crippen molar-refractivity contribution in [2.75, 3.05) is 0 Å². The second kappa shape index (κ2) is 5.46. The fourth-order valence-corrected chi connectivity index (χ4v) is 2.40. The first kappa shape index (κ1) is 13.5. The van der Waals surface area contributed by atoms with Gasteiger partial charge in [0.05, 0.1) is 5.69 Å². The summed E-state index contributed by atoms with van der Waals surface area (Å²) in [5.41, 5.74) is 11.0. The van der Waals surface area contributed by atoms with E-state index in [2.05, 4.69) is 15.2 Å². The molecule has 4 nitrogen and oxygen atoms in total. The minimum Gasteiger partial charge on any atom is -0.325 e. The molecule has 21 heavy (non-hydrogen) atoms. The Morgan fingerprint density at radius 2 is 1.95 bits per heavy atom. The van der Waals surface area contributed by atoms with E-state index in [-0.39, 0.29) is 5.82 Å². The molecule has 2 heterocycles. The van der Waals surface area contributed by atoms with Gasteiger partial charge in [-0.1, -0.05) is 6.07 Å². The molecule has 0 spiro atoms. The molecule has 0 saturated heterocycles. The maximum absolute atomic E-state index is 13.1. The molecular formula is C16H15FN4. The zero-order valence-corrected chi connectivity index (χ0v) is 11.6. The Hall–Kier alpha value is -2.53. The van der Waals surface area contributed by atoms with E-state index >= 15 is 0 Å². The van der Waals surface area contributed by atoms with Crippen LogP contribution in [0, 0.1) is 12.7 Å². The Bertz CT molecular complexity index is 762. The van der Waals surface area contributed by atoms with Crippen LogP contribution >= 0.6 is 0 Å². The monoisotopic (exact) mass is 282 g/mol. The largest absolute Gasteiger partial charge is 0.325 e. The molecule has 2 aromatic heterocycles. The SMILES string of the molecule is Cc1[nH]nc(-c2ccc(F)cc2)c1-c1cccnc1CN. The van der Waals surface area contributed by atoms with E-state index in [4.69, 9.17) is 5.73 Å². The number of nitrogens with two attached hydrogens (primary N) is 1. The molecule has 0 radical (unpaired) electrons. The van der Waals surface area contributed by atoms with Crippen LogP contribution in [0.4, 0.5) is 4.39 Å². The van der Waals surface area contributed by atoms with E-state index < -0.39 is 0 Å². The van der Waals surface area contributed by atoms with Crippen LogP contribution in [-0.4, -0.2) is 15.2 Å². The van der Waals surface area contributed by atoms with Crippen molar-refractivity contribution in [2.45, 2.75) is 13.5 Å². The summed E-state index contributed by atoms with van der Waals surface area (Å²) in [5, 5.41) is 7.34. The number of aromatic nitrogens is 3. The van der Waals surface area contributed by atoms with Gasteiger partial charge in [0.15, 0.2) is 0 Å². The quantitative estimate of drug-likeness (QED) is 0.776. The van der Waals surface area contributed by atoms with Gasteiger partial charge in [-0.05, 0) is 37.3 Å². The Morgan fingerprint density at radius 1 is 1.19 bits per heavy atom.